The second kappa shape index (κ2) is 8.40. The number of amides is 1. The highest BCUT2D eigenvalue weighted by atomic mass is 19.1. The van der Waals surface area contributed by atoms with Gasteiger partial charge in [-0.3, -0.25) is 9.69 Å². The molecule has 1 aliphatic carbocycles. The molecule has 0 spiro atoms. The predicted octanol–water partition coefficient (Wildman–Crippen LogP) is 4.20. The first-order chi connectivity index (χ1) is 14.4. The minimum Gasteiger partial charge on any atom is -0.350 e. The minimum atomic E-state index is -0.309. The van der Waals surface area contributed by atoms with Crippen LogP contribution in [0.2, 0.25) is 0 Å². The van der Waals surface area contributed by atoms with Gasteiger partial charge in [-0.1, -0.05) is 29.8 Å². The molecular formula is C24H27FN4O. The van der Waals surface area contributed by atoms with Crippen LogP contribution in [-0.4, -0.2) is 46.3 Å². The third-order valence-corrected chi connectivity index (χ3v) is 5.75. The zero-order chi connectivity index (χ0) is 21.3. The van der Waals surface area contributed by atoms with Crippen molar-refractivity contribution in [3.63, 3.8) is 0 Å². The van der Waals surface area contributed by atoms with Gasteiger partial charge in [-0.05, 0) is 58.0 Å². The average Bonchev–Trinajstić information content (AvgIpc) is 3.51. The Kier molecular flexibility index (Phi) is 5.68. The third kappa shape index (κ3) is 4.44. The SMILES string of the molecule is Cc1ccc(-c2nn(-c3ccc(F)cc3)cc2C(=O)NCC(C)N(C)C2CC2)cc1. The van der Waals surface area contributed by atoms with Crippen LogP contribution in [0.25, 0.3) is 16.9 Å². The molecule has 2 aromatic carbocycles. The number of rotatable bonds is 7. The van der Waals surface area contributed by atoms with Crippen molar-refractivity contribution in [2.24, 2.45) is 0 Å². The number of benzene rings is 2. The Morgan fingerprint density at radius 1 is 1.20 bits per heavy atom. The lowest BCUT2D eigenvalue weighted by atomic mass is 10.1. The fraction of sp³-hybridized carbons (Fsp3) is 0.333. The molecule has 6 heteroatoms. The maximum Gasteiger partial charge on any atom is 0.255 e. The molecule has 3 aromatic rings. The molecule has 1 fully saturated rings. The summed E-state index contributed by atoms with van der Waals surface area (Å²) in [5, 5.41) is 7.72. The molecule has 0 bridgehead atoms. The van der Waals surface area contributed by atoms with Crippen LogP contribution >= 0.6 is 0 Å². The quantitative estimate of drug-likeness (QED) is 0.640. The van der Waals surface area contributed by atoms with Crippen LogP contribution in [0.1, 0.15) is 35.7 Å². The smallest absolute Gasteiger partial charge is 0.255 e. The molecule has 1 atom stereocenters. The summed E-state index contributed by atoms with van der Waals surface area (Å²) in [7, 11) is 2.11. The summed E-state index contributed by atoms with van der Waals surface area (Å²) in [6.07, 6.45) is 4.18. The van der Waals surface area contributed by atoms with Gasteiger partial charge in [0.1, 0.15) is 11.5 Å². The summed E-state index contributed by atoms with van der Waals surface area (Å²) < 4.78 is 15.0. The molecular weight excluding hydrogens is 379 g/mol. The van der Waals surface area contributed by atoms with Gasteiger partial charge in [0.2, 0.25) is 0 Å². The van der Waals surface area contributed by atoms with Crippen LogP contribution in [0, 0.1) is 12.7 Å². The molecule has 0 aliphatic heterocycles. The first-order valence-electron chi connectivity index (χ1n) is 10.3. The number of hydrogen-bond acceptors (Lipinski definition) is 3. The van der Waals surface area contributed by atoms with Crippen molar-refractivity contribution in [2.75, 3.05) is 13.6 Å². The van der Waals surface area contributed by atoms with E-state index in [0.29, 0.717) is 29.5 Å². The first kappa shape index (κ1) is 20.3. The number of likely N-dealkylation sites (N-methyl/N-ethyl adjacent to an activating group) is 1. The minimum absolute atomic E-state index is 0.157. The summed E-state index contributed by atoms with van der Waals surface area (Å²) in [5.41, 5.74) is 3.82. The number of hydrogen-bond donors (Lipinski definition) is 1. The highest BCUT2D eigenvalue weighted by Gasteiger charge is 2.29. The van der Waals surface area contributed by atoms with Gasteiger partial charge in [-0.25, -0.2) is 9.07 Å². The van der Waals surface area contributed by atoms with Gasteiger partial charge >= 0.3 is 0 Å². The standard InChI is InChI=1S/C24H27FN4O/c1-16-4-6-18(7-5-16)23-22(15-29(27-23)21-10-8-19(25)9-11-21)24(30)26-14-17(2)28(3)20-12-13-20/h4-11,15,17,20H,12-14H2,1-3H3,(H,26,30). The van der Waals surface area contributed by atoms with E-state index in [-0.39, 0.29) is 17.8 Å². The molecule has 5 nitrogen and oxygen atoms in total. The molecule has 4 rings (SSSR count). The summed E-state index contributed by atoms with van der Waals surface area (Å²) in [6.45, 7) is 4.72. The Labute approximate surface area is 176 Å². The van der Waals surface area contributed by atoms with Crippen molar-refractivity contribution >= 4 is 5.91 Å². The molecule has 1 saturated carbocycles. The molecule has 30 heavy (non-hydrogen) atoms. The number of nitrogens with zero attached hydrogens (tertiary/aromatic N) is 3. The maximum absolute atomic E-state index is 13.3. The van der Waals surface area contributed by atoms with Crippen LogP contribution in [0.15, 0.2) is 54.7 Å². The van der Waals surface area contributed by atoms with Gasteiger partial charge < -0.3 is 5.32 Å². The topological polar surface area (TPSA) is 50.2 Å². The monoisotopic (exact) mass is 406 g/mol. The van der Waals surface area contributed by atoms with E-state index >= 15 is 0 Å². The first-order valence-corrected chi connectivity index (χ1v) is 10.3. The molecule has 1 amide bonds. The van der Waals surface area contributed by atoms with Gasteiger partial charge in [-0.2, -0.15) is 5.10 Å². The van der Waals surface area contributed by atoms with Crippen molar-refractivity contribution in [2.45, 2.75) is 38.8 Å². The fourth-order valence-corrected chi connectivity index (χ4v) is 3.51. The predicted molar refractivity (Wildman–Crippen MR) is 116 cm³/mol. The van der Waals surface area contributed by atoms with E-state index < -0.39 is 0 Å². The number of carbonyl (C=O) groups excluding carboxylic acids is 1. The summed E-state index contributed by atoms with van der Waals surface area (Å²) in [4.78, 5) is 15.4. The lowest BCUT2D eigenvalue weighted by Gasteiger charge is -2.24. The number of halogens is 1. The van der Waals surface area contributed by atoms with Crippen molar-refractivity contribution < 1.29 is 9.18 Å². The van der Waals surface area contributed by atoms with Gasteiger partial charge in [0.15, 0.2) is 0 Å². The Morgan fingerprint density at radius 2 is 1.87 bits per heavy atom. The van der Waals surface area contributed by atoms with Gasteiger partial charge in [0, 0.05) is 30.4 Å². The normalized spacial score (nSPS) is 14.7. The van der Waals surface area contributed by atoms with Gasteiger partial charge in [-0.15, -0.1) is 0 Å². The number of nitrogens with one attached hydrogen (secondary N) is 1. The van der Waals surface area contributed by atoms with E-state index in [1.165, 1.54) is 25.0 Å². The van der Waals surface area contributed by atoms with Crippen LogP contribution in [0.3, 0.4) is 0 Å². The summed E-state index contributed by atoms with van der Waals surface area (Å²) in [6, 6.07) is 14.9. The summed E-state index contributed by atoms with van der Waals surface area (Å²) >= 11 is 0. The molecule has 0 radical (unpaired) electrons. The molecule has 1 heterocycles. The Morgan fingerprint density at radius 3 is 2.50 bits per heavy atom. The van der Waals surface area contributed by atoms with E-state index in [2.05, 4.69) is 29.3 Å². The lowest BCUT2D eigenvalue weighted by molar-refractivity contribution is 0.0940. The second-order valence-electron chi connectivity index (χ2n) is 8.13. The van der Waals surface area contributed by atoms with Crippen LogP contribution in [0.4, 0.5) is 4.39 Å². The van der Waals surface area contributed by atoms with E-state index in [1.807, 2.05) is 31.2 Å². The van der Waals surface area contributed by atoms with E-state index in [4.69, 9.17) is 0 Å². The highest BCUT2D eigenvalue weighted by molar-refractivity contribution is 6.00. The number of carbonyl (C=O) groups is 1. The van der Waals surface area contributed by atoms with Crippen molar-refractivity contribution in [3.8, 4) is 16.9 Å². The van der Waals surface area contributed by atoms with Crippen LogP contribution in [-0.2, 0) is 0 Å². The molecule has 1 N–H and O–H groups in total. The van der Waals surface area contributed by atoms with E-state index in [1.54, 1.807) is 23.0 Å². The van der Waals surface area contributed by atoms with Crippen molar-refractivity contribution in [1.82, 2.24) is 20.0 Å². The number of aryl methyl sites for hydroxylation is 1. The molecule has 156 valence electrons. The molecule has 1 unspecified atom stereocenters. The fourth-order valence-electron chi connectivity index (χ4n) is 3.51. The van der Waals surface area contributed by atoms with E-state index in [9.17, 15) is 9.18 Å². The van der Waals surface area contributed by atoms with Crippen molar-refractivity contribution in [1.29, 1.82) is 0 Å². The molecule has 1 aromatic heterocycles. The van der Waals surface area contributed by atoms with Crippen molar-refractivity contribution in [3.05, 3.63) is 71.7 Å². The summed E-state index contributed by atoms with van der Waals surface area (Å²) in [5.74, 6) is -0.466. The zero-order valence-electron chi connectivity index (χ0n) is 17.6. The van der Waals surface area contributed by atoms with Gasteiger partial charge in [0.25, 0.3) is 5.91 Å². The van der Waals surface area contributed by atoms with Crippen LogP contribution in [0.5, 0.6) is 0 Å². The average molecular weight is 407 g/mol. The number of aromatic nitrogens is 2. The highest BCUT2D eigenvalue weighted by Crippen LogP contribution is 2.27. The third-order valence-electron chi connectivity index (χ3n) is 5.75. The van der Waals surface area contributed by atoms with E-state index in [0.717, 1.165) is 11.1 Å². The largest absolute Gasteiger partial charge is 0.350 e. The molecule has 0 saturated heterocycles. The Bertz CT molecular complexity index is 1020. The second-order valence-corrected chi connectivity index (χ2v) is 8.13. The maximum atomic E-state index is 13.3. The zero-order valence-corrected chi connectivity index (χ0v) is 17.6. The van der Waals surface area contributed by atoms with Gasteiger partial charge in [0.05, 0.1) is 11.3 Å². The lowest BCUT2D eigenvalue weighted by Crippen LogP contribution is -2.41. The Hall–Kier alpha value is -2.99. The molecule has 1 aliphatic rings. The van der Waals surface area contributed by atoms with Crippen LogP contribution < -0.4 is 5.32 Å². The Balaban J connectivity index is 1.61.